The Labute approximate surface area is 322 Å². The molecule has 0 bridgehead atoms. The number of ether oxygens (including phenoxy) is 2. The molecule has 53 heavy (non-hydrogen) atoms. The summed E-state index contributed by atoms with van der Waals surface area (Å²) in [6.45, 7) is 3.54. The summed E-state index contributed by atoms with van der Waals surface area (Å²) in [5.74, 6) is -0.886. The van der Waals surface area contributed by atoms with E-state index in [2.05, 4.69) is 86.8 Å². The molecule has 2 atom stereocenters. The average Bonchev–Trinajstić information content (AvgIpc) is 3.14. The molecule has 0 aliphatic heterocycles. The molecule has 9 nitrogen and oxygen atoms in total. The Morgan fingerprint density at radius 1 is 0.585 bits per heavy atom. The van der Waals surface area contributed by atoms with Crippen LogP contribution in [0.1, 0.15) is 155 Å². The van der Waals surface area contributed by atoms with E-state index in [0.717, 1.165) is 70.6 Å². The van der Waals surface area contributed by atoms with Crippen molar-refractivity contribution in [3.63, 3.8) is 0 Å². The third-order valence-electron chi connectivity index (χ3n) is 8.11. The minimum atomic E-state index is -4.39. The lowest BCUT2D eigenvalue weighted by atomic mass is 10.1. The van der Waals surface area contributed by atoms with Gasteiger partial charge in [-0.3, -0.25) is 18.6 Å². The normalized spacial score (nSPS) is 14.1. The number of hydrogen-bond acceptors (Lipinski definition) is 8. The van der Waals surface area contributed by atoms with E-state index < -0.39 is 32.5 Å². The van der Waals surface area contributed by atoms with Crippen LogP contribution in [0.25, 0.3) is 0 Å². The highest BCUT2D eigenvalue weighted by Gasteiger charge is 2.25. The van der Waals surface area contributed by atoms with Gasteiger partial charge in [0.25, 0.3) is 0 Å². The van der Waals surface area contributed by atoms with E-state index in [1.54, 1.807) is 0 Å². The lowest BCUT2D eigenvalue weighted by molar-refractivity contribution is -0.161. The zero-order valence-corrected chi connectivity index (χ0v) is 34.1. The van der Waals surface area contributed by atoms with Gasteiger partial charge in [-0.05, 0) is 64.2 Å². The van der Waals surface area contributed by atoms with Gasteiger partial charge in [-0.25, -0.2) is 4.57 Å². The number of phosphoric ester groups is 1. The van der Waals surface area contributed by atoms with Crippen molar-refractivity contribution < 1.29 is 37.6 Å². The zero-order valence-electron chi connectivity index (χ0n) is 33.2. The Morgan fingerprint density at radius 3 is 1.55 bits per heavy atom. The molecule has 0 aliphatic rings. The van der Waals surface area contributed by atoms with Crippen LogP contribution in [0.3, 0.4) is 0 Å². The van der Waals surface area contributed by atoms with Crippen molar-refractivity contribution in [2.24, 2.45) is 5.73 Å². The summed E-state index contributed by atoms with van der Waals surface area (Å²) in [6, 6.07) is 0. The Bertz CT molecular complexity index is 1100. The van der Waals surface area contributed by atoms with Crippen LogP contribution in [0.2, 0.25) is 0 Å². The molecule has 2 unspecified atom stereocenters. The summed E-state index contributed by atoms with van der Waals surface area (Å²) in [5, 5.41) is 0. The molecule has 0 spiro atoms. The number of allylic oxidation sites excluding steroid dienone is 12. The third-order valence-corrected chi connectivity index (χ3v) is 9.09. The highest BCUT2D eigenvalue weighted by molar-refractivity contribution is 7.47. The number of hydrogen-bond donors (Lipinski definition) is 2. The van der Waals surface area contributed by atoms with E-state index >= 15 is 0 Å². The molecular formula is C43H74NO8P. The molecule has 0 aromatic carbocycles. The molecule has 0 amide bonds. The van der Waals surface area contributed by atoms with Gasteiger partial charge in [0.1, 0.15) is 6.61 Å². The van der Waals surface area contributed by atoms with Crippen molar-refractivity contribution in [2.75, 3.05) is 26.4 Å². The monoisotopic (exact) mass is 764 g/mol. The number of carbonyl (C=O) groups excluding carboxylic acids is 2. The molecular weight excluding hydrogens is 689 g/mol. The van der Waals surface area contributed by atoms with E-state index in [9.17, 15) is 19.0 Å². The van der Waals surface area contributed by atoms with Gasteiger partial charge in [-0.2, -0.15) is 0 Å². The van der Waals surface area contributed by atoms with Gasteiger partial charge in [0.15, 0.2) is 6.10 Å². The van der Waals surface area contributed by atoms with E-state index in [0.29, 0.717) is 6.42 Å². The molecule has 0 heterocycles. The molecule has 0 radical (unpaired) electrons. The number of unbranched alkanes of at least 4 members (excludes halogenated alkanes) is 12. The maximum atomic E-state index is 12.5. The lowest BCUT2D eigenvalue weighted by Gasteiger charge is -2.19. The number of carbonyl (C=O) groups is 2. The molecule has 10 heteroatoms. The maximum Gasteiger partial charge on any atom is 0.472 e. The first-order valence-electron chi connectivity index (χ1n) is 20.4. The first-order valence-corrected chi connectivity index (χ1v) is 21.9. The second-order valence-electron chi connectivity index (χ2n) is 13.1. The first kappa shape index (κ1) is 50.5. The van der Waals surface area contributed by atoms with Crippen LogP contribution in [0.5, 0.6) is 0 Å². The molecule has 0 saturated heterocycles. The van der Waals surface area contributed by atoms with Gasteiger partial charge in [-0.1, -0.05) is 151 Å². The van der Waals surface area contributed by atoms with Gasteiger partial charge in [-0.15, -0.1) is 0 Å². The standard InChI is InChI=1S/C43H74NO8P/c1-3-5-7-9-11-13-15-16-17-18-19-20-21-22-23-24-26-28-30-32-34-36-43(46)52-41(40-51-53(47,48)50-38-37-44)39-49-42(45)35-33-31-29-27-25-14-12-10-8-6-4-2/h5,7,11,13,16-17,19-20,22-23,26,28,41H,3-4,6,8-10,12,14-15,18,21,24-25,27,29-40,44H2,1-2H3,(H,47,48)/b7-5-,13-11-,17-16-,20-19-,23-22-,28-26-. The predicted octanol–water partition coefficient (Wildman–Crippen LogP) is 11.5. The van der Waals surface area contributed by atoms with Crippen molar-refractivity contribution in [3.05, 3.63) is 72.9 Å². The second-order valence-corrected chi connectivity index (χ2v) is 14.6. The minimum Gasteiger partial charge on any atom is -0.462 e. The Hall–Kier alpha value is -2.55. The van der Waals surface area contributed by atoms with Crippen LogP contribution < -0.4 is 5.73 Å². The van der Waals surface area contributed by atoms with Crippen molar-refractivity contribution >= 4 is 19.8 Å². The molecule has 0 aliphatic carbocycles. The van der Waals surface area contributed by atoms with Crippen LogP contribution in [0.4, 0.5) is 0 Å². The summed E-state index contributed by atoms with van der Waals surface area (Å²) in [5.41, 5.74) is 5.33. The average molecular weight is 764 g/mol. The van der Waals surface area contributed by atoms with Crippen LogP contribution >= 0.6 is 7.82 Å². The van der Waals surface area contributed by atoms with E-state index in [4.69, 9.17) is 24.3 Å². The quantitative estimate of drug-likeness (QED) is 0.0274. The zero-order chi connectivity index (χ0) is 38.9. The van der Waals surface area contributed by atoms with Crippen LogP contribution in [0, 0.1) is 0 Å². The lowest BCUT2D eigenvalue weighted by Crippen LogP contribution is -2.29. The fourth-order valence-corrected chi connectivity index (χ4v) is 5.87. The summed E-state index contributed by atoms with van der Waals surface area (Å²) in [7, 11) is -4.39. The van der Waals surface area contributed by atoms with Crippen LogP contribution in [-0.2, 0) is 32.7 Å². The first-order chi connectivity index (χ1) is 25.8. The van der Waals surface area contributed by atoms with E-state index in [1.807, 2.05) is 0 Å². The number of phosphoric acid groups is 1. The summed E-state index contributed by atoms with van der Waals surface area (Å²) < 4.78 is 32.6. The Kier molecular flexibility index (Phi) is 37.3. The number of nitrogens with two attached hydrogens (primary N) is 1. The van der Waals surface area contributed by atoms with Crippen molar-refractivity contribution in [2.45, 2.75) is 161 Å². The smallest absolute Gasteiger partial charge is 0.462 e. The molecule has 3 N–H and O–H groups in total. The fraction of sp³-hybridized carbons (Fsp3) is 0.674. The molecule has 304 valence electrons. The second kappa shape index (κ2) is 39.2. The molecule has 0 saturated carbocycles. The van der Waals surface area contributed by atoms with Gasteiger partial charge in [0, 0.05) is 19.4 Å². The Balaban J connectivity index is 4.28. The van der Waals surface area contributed by atoms with Crippen molar-refractivity contribution in [3.8, 4) is 0 Å². The summed E-state index contributed by atoms with van der Waals surface area (Å²) in [6.07, 6.45) is 46.5. The third kappa shape index (κ3) is 39.0. The summed E-state index contributed by atoms with van der Waals surface area (Å²) in [4.78, 5) is 34.7. The maximum absolute atomic E-state index is 12.5. The largest absolute Gasteiger partial charge is 0.472 e. The number of esters is 2. The van der Waals surface area contributed by atoms with Crippen LogP contribution in [-0.4, -0.2) is 49.3 Å². The van der Waals surface area contributed by atoms with Gasteiger partial charge in [0.2, 0.25) is 0 Å². The summed E-state index contributed by atoms with van der Waals surface area (Å²) >= 11 is 0. The van der Waals surface area contributed by atoms with Gasteiger partial charge in [0.05, 0.1) is 13.2 Å². The highest BCUT2D eigenvalue weighted by atomic mass is 31.2. The van der Waals surface area contributed by atoms with E-state index in [-0.39, 0.29) is 32.6 Å². The molecule has 0 fully saturated rings. The molecule has 0 aromatic rings. The van der Waals surface area contributed by atoms with Gasteiger partial charge >= 0.3 is 19.8 Å². The number of rotatable bonds is 37. The van der Waals surface area contributed by atoms with Crippen LogP contribution in [0.15, 0.2) is 72.9 Å². The topological polar surface area (TPSA) is 134 Å². The SMILES string of the molecule is CC/C=C\C/C=C\C/C=C\C/C=C\C/C=C\C/C=C\CCCCC(=O)OC(COC(=O)CCCCCCCCCCCCC)COP(=O)(O)OCCN. The minimum absolute atomic E-state index is 0.0432. The van der Waals surface area contributed by atoms with E-state index in [1.165, 1.54) is 51.4 Å². The van der Waals surface area contributed by atoms with Crippen molar-refractivity contribution in [1.82, 2.24) is 0 Å². The highest BCUT2D eigenvalue weighted by Crippen LogP contribution is 2.43. The fourth-order valence-electron chi connectivity index (χ4n) is 5.11. The van der Waals surface area contributed by atoms with Gasteiger partial charge < -0.3 is 20.1 Å². The predicted molar refractivity (Wildman–Crippen MR) is 219 cm³/mol. The Morgan fingerprint density at radius 2 is 1.04 bits per heavy atom. The molecule has 0 rings (SSSR count). The van der Waals surface area contributed by atoms with Crippen molar-refractivity contribution in [1.29, 1.82) is 0 Å². The molecule has 0 aromatic heterocycles.